The van der Waals surface area contributed by atoms with Crippen LogP contribution in [0.25, 0.3) is 0 Å². The zero-order valence-electron chi connectivity index (χ0n) is 22.4. The predicted octanol–water partition coefficient (Wildman–Crippen LogP) is 5.76. The molecule has 0 saturated carbocycles. The van der Waals surface area contributed by atoms with Crippen molar-refractivity contribution in [1.29, 1.82) is 0 Å². The molecule has 4 aromatic carbocycles. The highest BCUT2D eigenvalue weighted by Crippen LogP contribution is 2.12. The van der Waals surface area contributed by atoms with Crippen LogP contribution in [0.2, 0.25) is 5.02 Å². The molecule has 0 spiro atoms. The average Bonchev–Trinajstić information content (AvgIpc) is 3.00. The number of amides is 2. The van der Waals surface area contributed by atoms with Crippen molar-refractivity contribution in [2.24, 2.45) is 0 Å². The van der Waals surface area contributed by atoms with E-state index in [1.54, 1.807) is 24.3 Å². The summed E-state index contributed by atoms with van der Waals surface area (Å²) in [5.74, 6) is -0.952. The second-order valence-electron chi connectivity index (χ2n) is 9.45. The molecule has 0 fully saturated rings. The molecule has 210 valence electrons. The van der Waals surface area contributed by atoms with Crippen LogP contribution in [0.5, 0.6) is 0 Å². The molecule has 0 saturated heterocycles. The normalized spacial score (nSPS) is 12.0. The van der Waals surface area contributed by atoms with E-state index < -0.39 is 30.1 Å². The van der Waals surface area contributed by atoms with Gasteiger partial charge in [0.05, 0.1) is 11.6 Å². The second kappa shape index (κ2) is 15.2. The largest absolute Gasteiger partial charge is 0.460 e. The van der Waals surface area contributed by atoms with Gasteiger partial charge in [0.15, 0.2) is 0 Å². The van der Waals surface area contributed by atoms with E-state index in [4.69, 9.17) is 21.1 Å². The molecule has 0 unspecified atom stereocenters. The Morgan fingerprint density at radius 2 is 1.17 bits per heavy atom. The number of carbonyl (C=O) groups excluding carboxylic acids is 3. The summed E-state index contributed by atoms with van der Waals surface area (Å²) < 4.78 is 10.9. The quantitative estimate of drug-likeness (QED) is 0.211. The van der Waals surface area contributed by atoms with Crippen LogP contribution in [-0.4, -0.2) is 36.7 Å². The fourth-order valence-electron chi connectivity index (χ4n) is 4.16. The van der Waals surface area contributed by atoms with Crippen LogP contribution in [0.4, 0.5) is 4.79 Å². The lowest BCUT2D eigenvalue weighted by atomic mass is 10.0. The summed E-state index contributed by atoms with van der Waals surface area (Å²) in [5, 5.41) is 6.19. The molecule has 2 N–H and O–H groups in total. The van der Waals surface area contributed by atoms with Crippen LogP contribution in [0, 0.1) is 0 Å². The lowest BCUT2D eigenvalue weighted by Crippen LogP contribution is -2.52. The van der Waals surface area contributed by atoms with Gasteiger partial charge in [-0.15, -0.1) is 0 Å². The number of nitrogens with one attached hydrogen (secondary N) is 2. The highest BCUT2D eigenvalue weighted by Gasteiger charge is 2.25. The zero-order chi connectivity index (χ0) is 28.9. The molecule has 0 radical (unpaired) electrons. The van der Waals surface area contributed by atoms with Gasteiger partial charge in [0.2, 0.25) is 5.91 Å². The molecule has 0 heterocycles. The first kappa shape index (κ1) is 29.4. The van der Waals surface area contributed by atoms with Crippen LogP contribution < -0.4 is 10.6 Å². The van der Waals surface area contributed by atoms with Crippen molar-refractivity contribution in [3.8, 4) is 0 Å². The Bertz CT molecular complexity index is 1400. The number of esters is 1. The Hall–Kier alpha value is -4.62. The molecule has 4 aromatic rings. The molecular formula is C33H31ClN2O5. The van der Waals surface area contributed by atoms with Crippen molar-refractivity contribution in [3.05, 3.63) is 143 Å². The van der Waals surface area contributed by atoms with Gasteiger partial charge in [-0.25, -0.2) is 9.59 Å². The smallest absolute Gasteiger partial charge is 0.408 e. The van der Waals surface area contributed by atoms with Crippen molar-refractivity contribution >= 4 is 29.6 Å². The summed E-state index contributed by atoms with van der Waals surface area (Å²) in [7, 11) is 0. The van der Waals surface area contributed by atoms with Gasteiger partial charge >= 0.3 is 12.1 Å². The maximum atomic E-state index is 13.6. The number of alkyl carbamates (subject to hydrolysis) is 1. The summed E-state index contributed by atoms with van der Waals surface area (Å²) in [4.78, 5) is 38.9. The van der Waals surface area contributed by atoms with E-state index in [9.17, 15) is 14.4 Å². The van der Waals surface area contributed by atoms with Gasteiger partial charge in [-0.1, -0.05) is 103 Å². The van der Waals surface area contributed by atoms with Gasteiger partial charge in [0, 0.05) is 11.4 Å². The molecule has 2 atom stereocenters. The second-order valence-corrected chi connectivity index (χ2v) is 9.89. The molecule has 4 rings (SSSR count). The number of carbonyl (C=O) groups is 3. The van der Waals surface area contributed by atoms with Crippen molar-refractivity contribution in [2.45, 2.75) is 31.5 Å². The molecule has 2 amide bonds. The lowest BCUT2D eigenvalue weighted by Gasteiger charge is -2.24. The van der Waals surface area contributed by atoms with Crippen LogP contribution in [0.1, 0.15) is 27.0 Å². The number of halogens is 1. The van der Waals surface area contributed by atoms with Gasteiger partial charge in [-0.05, 0) is 47.4 Å². The minimum absolute atomic E-state index is 0.0708. The first-order valence-corrected chi connectivity index (χ1v) is 13.6. The molecule has 0 aliphatic carbocycles. The van der Waals surface area contributed by atoms with E-state index in [1.165, 1.54) is 0 Å². The van der Waals surface area contributed by atoms with Crippen molar-refractivity contribution < 1.29 is 23.9 Å². The first-order valence-electron chi connectivity index (χ1n) is 13.2. The molecule has 0 bridgehead atoms. The number of hydrogen-bond acceptors (Lipinski definition) is 5. The van der Waals surface area contributed by atoms with Crippen LogP contribution in [0.3, 0.4) is 0 Å². The summed E-state index contributed by atoms with van der Waals surface area (Å²) in [6, 6.07) is 33.1. The fraction of sp³-hybridized carbons (Fsp3) is 0.182. The Balaban J connectivity index is 1.45. The first-order chi connectivity index (χ1) is 20.0. The third-order valence-electron chi connectivity index (χ3n) is 6.27. The Morgan fingerprint density at radius 3 is 1.76 bits per heavy atom. The minimum Gasteiger partial charge on any atom is -0.460 e. The van der Waals surface area contributed by atoms with Crippen molar-refractivity contribution in [1.82, 2.24) is 10.6 Å². The number of hydrogen-bond donors (Lipinski definition) is 2. The fourth-order valence-corrected chi connectivity index (χ4v) is 4.29. The Labute approximate surface area is 244 Å². The zero-order valence-corrected chi connectivity index (χ0v) is 23.1. The third kappa shape index (κ3) is 9.81. The van der Waals surface area contributed by atoms with E-state index in [0.717, 1.165) is 16.7 Å². The van der Waals surface area contributed by atoms with Gasteiger partial charge in [0.25, 0.3) is 0 Å². The predicted molar refractivity (Wildman–Crippen MR) is 158 cm³/mol. The van der Waals surface area contributed by atoms with E-state index in [-0.39, 0.29) is 19.6 Å². The van der Waals surface area contributed by atoms with Gasteiger partial charge < -0.3 is 20.1 Å². The lowest BCUT2D eigenvalue weighted by molar-refractivity contribution is -0.124. The molecule has 7 nitrogen and oxygen atoms in total. The maximum Gasteiger partial charge on any atom is 0.408 e. The highest BCUT2D eigenvalue weighted by molar-refractivity contribution is 6.30. The third-order valence-corrected chi connectivity index (χ3v) is 6.52. The summed E-state index contributed by atoms with van der Waals surface area (Å²) in [6.07, 6.45) is -0.0501. The van der Waals surface area contributed by atoms with Crippen molar-refractivity contribution in [2.75, 3.05) is 6.61 Å². The van der Waals surface area contributed by atoms with Gasteiger partial charge in [0.1, 0.15) is 19.3 Å². The van der Waals surface area contributed by atoms with E-state index in [1.807, 2.05) is 91.0 Å². The van der Waals surface area contributed by atoms with Crippen LogP contribution in [0.15, 0.2) is 115 Å². The van der Waals surface area contributed by atoms with Crippen LogP contribution in [-0.2, 0) is 33.7 Å². The molecule has 0 aliphatic heterocycles. The van der Waals surface area contributed by atoms with E-state index in [0.29, 0.717) is 17.0 Å². The Morgan fingerprint density at radius 1 is 0.634 bits per heavy atom. The maximum absolute atomic E-state index is 13.6. The van der Waals surface area contributed by atoms with Crippen molar-refractivity contribution in [3.63, 3.8) is 0 Å². The molecular weight excluding hydrogens is 540 g/mol. The molecule has 0 aliphatic rings. The topological polar surface area (TPSA) is 93.7 Å². The molecule has 0 aromatic heterocycles. The van der Waals surface area contributed by atoms with E-state index in [2.05, 4.69) is 10.6 Å². The number of rotatable bonds is 12. The molecule has 41 heavy (non-hydrogen) atoms. The van der Waals surface area contributed by atoms with Gasteiger partial charge in [-0.3, -0.25) is 4.79 Å². The summed E-state index contributed by atoms with van der Waals surface area (Å²) in [5.41, 5.74) is 3.00. The van der Waals surface area contributed by atoms with E-state index >= 15 is 0 Å². The number of benzene rings is 4. The standard InChI is InChI=1S/C33H31ClN2O5/c34-28-18-16-27(17-19-28)32(38)40-23-29(20-24-10-4-1-5-11-24)35-31(37)30(21-25-12-6-2-7-13-25)36-33(39)41-22-26-14-8-3-9-15-26/h1-19,29-30H,20-23H2,(H,35,37)(H,36,39)/t29-,30-/m0/s1. The van der Waals surface area contributed by atoms with Gasteiger partial charge in [-0.2, -0.15) is 0 Å². The highest BCUT2D eigenvalue weighted by atomic mass is 35.5. The summed E-state index contributed by atoms with van der Waals surface area (Å²) in [6.45, 7) is 0.00222. The monoisotopic (exact) mass is 570 g/mol. The minimum atomic E-state index is -0.925. The SMILES string of the molecule is O=C(N[C@@H](Cc1ccccc1)C(=O)N[C@H](COC(=O)c1ccc(Cl)cc1)Cc1ccccc1)OCc1ccccc1. The summed E-state index contributed by atoms with van der Waals surface area (Å²) >= 11 is 5.93. The molecule has 8 heteroatoms. The average molecular weight is 571 g/mol. The number of ether oxygens (including phenoxy) is 2. The van der Waals surface area contributed by atoms with Crippen LogP contribution >= 0.6 is 11.6 Å². The Kier molecular flexibility index (Phi) is 10.9.